The Hall–Kier alpha value is -0.670. The molecule has 1 nitrogen and oxygen atoms in total. The summed E-state index contributed by atoms with van der Waals surface area (Å²) in [4.78, 5) is 0. The van der Waals surface area contributed by atoms with E-state index in [-0.39, 0.29) is 11.9 Å². The highest BCUT2D eigenvalue weighted by atomic mass is 79.9. The molecule has 0 aliphatic heterocycles. The fourth-order valence-corrected chi connectivity index (χ4v) is 1.51. The van der Waals surface area contributed by atoms with Crippen LogP contribution in [0.3, 0.4) is 0 Å². The number of rotatable bonds is 4. The summed E-state index contributed by atoms with van der Waals surface area (Å²) < 4.78 is 13.5. The van der Waals surface area contributed by atoms with Crippen LogP contribution in [0.5, 0.6) is 0 Å². The zero-order chi connectivity index (χ0) is 10.6. The predicted molar refractivity (Wildman–Crippen MR) is 60.6 cm³/mol. The first-order chi connectivity index (χ1) is 6.63. The Bertz CT molecular complexity index is 325. The van der Waals surface area contributed by atoms with Gasteiger partial charge < -0.3 is 5.32 Å². The van der Waals surface area contributed by atoms with Crippen molar-refractivity contribution in [1.82, 2.24) is 5.32 Å². The van der Waals surface area contributed by atoms with Gasteiger partial charge in [0.25, 0.3) is 0 Å². The molecule has 0 aromatic heterocycles. The second kappa shape index (κ2) is 5.27. The predicted octanol–water partition coefficient (Wildman–Crippen LogP) is 3.25. The monoisotopic (exact) mass is 257 g/mol. The van der Waals surface area contributed by atoms with E-state index in [1.54, 1.807) is 6.07 Å². The third-order valence-electron chi connectivity index (χ3n) is 1.98. The van der Waals surface area contributed by atoms with Gasteiger partial charge in [0.1, 0.15) is 5.82 Å². The first-order valence-electron chi connectivity index (χ1n) is 4.43. The molecule has 0 aliphatic rings. The molecule has 0 spiro atoms. The number of hydrogen-bond donors (Lipinski definition) is 1. The van der Waals surface area contributed by atoms with Crippen LogP contribution in [0, 0.1) is 5.82 Å². The van der Waals surface area contributed by atoms with Gasteiger partial charge in [-0.05, 0) is 24.6 Å². The van der Waals surface area contributed by atoms with E-state index in [0.29, 0.717) is 6.54 Å². The van der Waals surface area contributed by atoms with E-state index in [1.165, 1.54) is 12.1 Å². The summed E-state index contributed by atoms with van der Waals surface area (Å²) >= 11 is 3.31. The Morgan fingerprint density at radius 2 is 2.36 bits per heavy atom. The molecule has 3 heteroatoms. The lowest BCUT2D eigenvalue weighted by Gasteiger charge is -2.10. The average molecular weight is 258 g/mol. The summed E-state index contributed by atoms with van der Waals surface area (Å²) in [5.41, 5.74) is 1.04. The molecule has 1 aromatic rings. The lowest BCUT2D eigenvalue weighted by molar-refractivity contribution is 0.616. The highest BCUT2D eigenvalue weighted by Crippen LogP contribution is 2.17. The third kappa shape index (κ3) is 3.24. The molecule has 0 amide bonds. The van der Waals surface area contributed by atoms with Crippen molar-refractivity contribution in [3.8, 4) is 0 Å². The van der Waals surface area contributed by atoms with Crippen LogP contribution in [0.2, 0.25) is 0 Å². The maximum absolute atomic E-state index is 12.7. The van der Waals surface area contributed by atoms with Gasteiger partial charge in [-0.15, -0.1) is 6.58 Å². The highest BCUT2D eigenvalue weighted by Gasteiger charge is 2.02. The first-order valence-corrected chi connectivity index (χ1v) is 5.22. The number of benzene rings is 1. The van der Waals surface area contributed by atoms with Crippen molar-refractivity contribution < 1.29 is 4.39 Å². The molecule has 0 heterocycles. The van der Waals surface area contributed by atoms with Crippen LogP contribution < -0.4 is 5.32 Å². The summed E-state index contributed by atoms with van der Waals surface area (Å²) in [6, 6.07) is 4.95. The second-order valence-corrected chi connectivity index (χ2v) is 4.00. The molecule has 0 saturated heterocycles. The molecule has 1 unspecified atom stereocenters. The van der Waals surface area contributed by atoms with Crippen molar-refractivity contribution >= 4 is 15.9 Å². The zero-order valence-electron chi connectivity index (χ0n) is 8.06. The van der Waals surface area contributed by atoms with E-state index in [1.807, 2.05) is 13.0 Å². The largest absolute Gasteiger partial charge is 0.307 e. The van der Waals surface area contributed by atoms with E-state index < -0.39 is 0 Å². The zero-order valence-corrected chi connectivity index (χ0v) is 9.64. The average Bonchev–Trinajstić information content (AvgIpc) is 2.16. The Morgan fingerprint density at radius 1 is 1.64 bits per heavy atom. The Morgan fingerprint density at radius 3 is 2.93 bits per heavy atom. The van der Waals surface area contributed by atoms with Gasteiger partial charge in [-0.3, -0.25) is 0 Å². The van der Waals surface area contributed by atoms with E-state index in [9.17, 15) is 4.39 Å². The molecular formula is C11H13BrFN. The summed E-state index contributed by atoms with van der Waals surface area (Å²) in [5.74, 6) is -0.225. The Kier molecular flexibility index (Phi) is 4.29. The second-order valence-electron chi connectivity index (χ2n) is 3.14. The first kappa shape index (κ1) is 11.4. The summed E-state index contributed by atoms with van der Waals surface area (Å²) in [7, 11) is 0. The third-order valence-corrected chi connectivity index (χ3v) is 2.72. The minimum absolute atomic E-state index is 0.225. The van der Waals surface area contributed by atoms with Gasteiger partial charge in [0.05, 0.1) is 0 Å². The Labute approximate surface area is 92.1 Å². The number of halogens is 2. The minimum atomic E-state index is -0.225. The van der Waals surface area contributed by atoms with Gasteiger partial charge in [-0.1, -0.05) is 28.1 Å². The van der Waals surface area contributed by atoms with Crippen molar-refractivity contribution in [2.45, 2.75) is 19.5 Å². The smallest absolute Gasteiger partial charge is 0.124 e. The van der Waals surface area contributed by atoms with Crippen LogP contribution >= 0.6 is 15.9 Å². The van der Waals surface area contributed by atoms with Gasteiger partial charge in [-0.25, -0.2) is 4.39 Å². The van der Waals surface area contributed by atoms with Crippen LogP contribution in [-0.4, -0.2) is 6.04 Å². The van der Waals surface area contributed by atoms with E-state index in [4.69, 9.17) is 0 Å². The van der Waals surface area contributed by atoms with Crippen LogP contribution in [0.1, 0.15) is 12.5 Å². The van der Waals surface area contributed by atoms with Crippen LogP contribution in [0.25, 0.3) is 0 Å². The van der Waals surface area contributed by atoms with E-state index in [0.717, 1.165) is 10.0 Å². The summed E-state index contributed by atoms with van der Waals surface area (Å²) in [6.07, 6.45) is 1.83. The van der Waals surface area contributed by atoms with Crippen LogP contribution in [0.15, 0.2) is 35.3 Å². The van der Waals surface area contributed by atoms with Crippen molar-refractivity contribution in [2.24, 2.45) is 0 Å². The highest BCUT2D eigenvalue weighted by molar-refractivity contribution is 9.10. The molecule has 0 aliphatic carbocycles. The molecule has 1 atom stereocenters. The van der Waals surface area contributed by atoms with Gasteiger partial charge in [0.2, 0.25) is 0 Å². The molecular weight excluding hydrogens is 245 g/mol. The van der Waals surface area contributed by atoms with Gasteiger partial charge in [0.15, 0.2) is 0 Å². The van der Waals surface area contributed by atoms with Crippen molar-refractivity contribution in [2.75, 3.05) is 0 Å². The summed E-state index contributed by atoms with van der Waals surface area (Å²) in [6.45, 7) is 6.40. The van der Waals surface area contributed by atoms with Crippen LogP contribution in [0.4, 0.5) is 4.39 Å². The van der Waals surface area contributed by atoms with Gasteiger partial charge >= 0.3 is 0 Å². The molecule has 0 fully saturated rings. The SMILES string of the molecule is C=CC(C)NCc1ccc(F)cc1Br. The maximum Gasteiger partial charge on any atom is 0.124 e. The molecule has 1 N–H and O–H groups in total. The fourth-order valence-electron chi connectivity index (χ4n) is 1.02. The molecule has 14 heavy (non-hydrogen) atoms. The lowest BCUT2D eigenvalue weighted by Crippen LogP contribution is -2.23. The molecule has 76 valence electrons. The van der Waals surface area contributed by atoms with Crippen LogP contribution in [-0.2, 0) is 6.54 Å². The van der Waals surface area contributed by atoms with Gasteiger partial charge in [-0.2, -0.15) is 0 Å². The summed E-state index contributed by atoms with van der Waals surface area (Å²) in [5, 5.41) is 3.24. The number of hydrogen-bond acceptors (Lipinski definition) is 1. The standard InChI is InChI=1S/C11H13BrFN/c1-3-8(2)14-7-9-4-5-10(13)6-11(9)12/h3-6,8,14H,1,7H2,2H3. The van der Waals surface area contributed by atoms with Crippen molar-refractivity contribution in [1.29, 1.82) is 0 Å². The van der Waals surface area contributed by atoms with Gasteiger partial charge in [0, 0.05) is 17.1 Å². The molecule has 1 aromatic carbocycles. The van der Waals surface area contributed by atoms with E-state index >= 15 is 0 Å². The number of nitrogens with one attached hydrogen (secondary N) is 1. The molecule has 0 saturated carbocycles. The molecule has 0 radical (unpaired) electrons. The van der Waals surface area contributed by atoms with Crippen molar-refractivity contribution in [3.63, 3.8) is 0 Å². The maximum atomic E-state index is 12.7. The minimum Gasteiger partial charge on any atom is -0.307 e. The topological polar surface area (TPSA) is 12.0 Å². The molecule has 0 bridgehead atoms. The Balaban J connectivity index is 2.63. The van der Waals surface area contributed by atoms with Crippen molar-refractivity contribution in [3.05, 3.63) is 46.7 Å². The normalized spacial score (nSPS) is 12.5. The quantitative estimate of drug-likeness (QED) is 0.817. The van der Waals surface area contributed by atoms with E-state index in [2.05, 4.69) is 27.8 Å². The fraction of sp³-hybridized carbons (Fsp3) is 0.273. The lowest BCUT2D eigenvalue weighted by atomic mass is 10.2. The molecule has 1 rings (SSSR count).